The molecule has 5 nitrogen and oxygen atoms in total. The smallest absolute Gasteiger partial charge is 0.418 e. The van der Waals surface area contributed by atoms with Gasteiger partial charge in [-0.3, -0.25) is 4.79 Å². The minimum absolute atomic E-state index is 0.142. The van der Waals surface area contributed by atoms with Crippen LogP contribution in [0.15, 0.2) is 78.9 Å². The standard InChI is InChI=1S/C28H21ClF4N2O3/c1-16-14-22(17(2)35(16)21-11-9-20(30)10-12-21)27(37)38-25(18-6-4-3-5-7-18)26(36)34-24-13-8-19(29)15-23(24)28(31,32)33/h3-15,25H,1-2H3,(H,34,36). The van der Waals surface area contributed by atoms with Crippen LogP contribution < -0.4 is 5.32 Å². The fourth-order valence-electron chi connectivity index (χ4n) is 4.09. The number of amides is 1. The Kier molecular flexibility index (Phi) is 7.59. The van der Waals surface area contributed by atoms with Gasteiger partial charge in [0.15, 0.2) is 0 Å². The fourth-order valence-corrected chi connectivity index (χ4v) is 4.26. The lowest BCUT2D eigenvalue weighted by atomic mass is 10.1. The minimum Gasteiger partial charge on any atom is -0.444 e. The molecule has 1 heterocycles. The number of halogens is 5. The number of anilines is 1. The first-order chi connectivity index (χ1) is 18.0. The van der Waals surface area contributed by atoms with E-state index in [0.29, 0.717) is 23.1 Å². The van der Waals surface area contributed by atoms with Crippen LogP contribution >= 0.6 is 11.6 Å². The van der Waals surface area contributed by atoms with Gasteiger partial charge in [-0.25, -0.2) is 9.18 Å². The lowest BCUT2D eigenvalue weighted by molar-refractivity contribution is -0.137. The van der Waals surface area contributed by atoms with Crippen molar-refractivity contribution >= 4 is 29.2 Å². The average Bonchev–Trinajstić information content (AvgIpc) is 3.17. The zero-order chi connectivity index (χ0) is 27.6. The highest BCUT2D eigenvalue weighted by atomic mass is 35.5. The molecule has 196 valence electrons. The maximum Gasteiger partial charge on any atom is 0.418 e. The first-order valence-electron chi connectivity index (χ1n) is 11.3. The summed E-state index contributed by atoms with van der Waals surface area (Å²) in [5.74, 6) is -2.26. The quantitative estimate of drug-likeness (QED) is 0.203. The Hall–Kier alpha value is -4.11. The highest BCUT2D eigenvalue weighted by molar-refractivity contribution is 6.30. The number of aromatic nitrogens is 1. The maximum absolute atomic E-state index is 13.6. The van der Waals surface area contributed by atoms with Gasteiger partial charge < -0.3 is 14.6 Å². The maximum atomic E-state index is 13.6. The number of benzene rings is 3. The van der Waals surface area contributed by atoms with E-state index in [1.807, 2.05) is 0 Å². The van der Waals surface area contributed by atoms with E-state index in [1.165, 1.54) is 30.3 Å². The van der Waals surface area contributed by atoms with Crippen LogP contribution in [0.25, 0.3) is 5.69 Å². The van der Waals surface area contributed by atoms with E-state index in [0.717, 1.165) is 6.07 Å². The second kappa shape index (κ2) is 10.7. The number of nitrogens with zero attached hydrogens (tertiary/aromatic N) is 1. The third-order valence-corrected chi connectivity index (χ3v) is 6.08. The molecule has 4 rings (SSSR count). The summed E-state index contributed by atoms with van der Waals surface area (Å²) in [7, 11) is 0. The number of alkyl halides is 3. The molecule has 0 aliphatic heterocycles. The summed E-state index contributed by atoms with van der Waals surface area (Å²) in [6.45, 7) is 3.40. The molecule has 1 aromatic heterocycles. The lowest BCUT2D eigenvalue weighted by Crippen LogP contribution is -2.27. The molecule has 0 radical (unpaired) electrons. The summed E-state index contributed by atoms with van der Waals surface area (Å²) in [6.07, 6.45) is -6.35. The number of hydrogen-bond donors (Lipinski definition) is 1. The van der Waals surface area contributed by atoms with Crippen molar-refractivity contribution in [2.45, 2.75) is 26.1 Å². The summed E-state index contributed by atoms with van der Waals surface area (Å²) in [6, 6.07) is 18.1. The number of ether oxygens (including phenoxy) is 1. The van der Waals surface area contributed by atoms with Gasteiger partial charge in [0.25, 0.3) is 5.91 Å². The number of nitrogens with one attached hydrogen (secondary N) is 1. The van der Waals surface area contributed by atoms with Gasteiger partial charge in [-0.15, -0.1) is 0 Å². The van der Waals surface area contributed by atoms with Crippen LogP contribution in [-0.2, 0) is 15.7 Å². The molecule has 0 spiro atoms. The molecule has 1 unspecified atom stereocenters. The van der Waals surface area contributed by atoms with E-state index in [2.05, 4.69) is 5.32 Å². The van der Waals surface area contributed by atoms with E-state index in [1.54, 1.807) is 54.8 Å². The Bertz CT molecular complexity index is 1480. The first kappa shape index (κ1) is 26.9. The molecule has 0 saturated heterocycles. The van der Waals surface area contributed by atoms with Crippen molar-refractivity contribution in [3.8, 4) is 5.69 Å². The van der Waals surface area contributed by atoms with Gasteiger partial charge in [0, 0.05) is 27.7 Å². The van der Waals surface area contributed by atoms with E-state index in [4.69, 9.17) is 16.3 Å². The summed E-state index contributed by atoms with van der Waals surface area (Å²) >= 11 is 5.73. The molecule has 0 bridgehead atoms. The largest absolute Gasteiger partial charge is 0.444 e. The van der Waals surface area contributed by atoms with E-state index in [9.17, 15) is 27.2 Å². The Balaban J connectivity index is 1.66. The molecule has 0 fully saturated rings. The van der Waals surface area contributed by atoms with Crippen molar-refractivity contribution in [1.29, 1.82) is 0 Å². The predicted octanol–water partition coefficient (Wildman–Crippen LogP) is 7.44. The van der Waals surface area contributed by atoms with Crippen molar-refractivity contribution in [3.63, 3.8) is 0 Å². The monoisotopic (exact) mass is 544 g/mol. The van der Waals surface area contributed by atoms with E-state index < -0.39 is 41.2 Å². The van der Waals surface area contributed by atoms with Crippen LogP contribution in [0.3, 0.4) is 0 Å². The Labute approximate surface area is 220 Å². The van der Waals surface area contributed by atoms with Crippen molar-refractivity contribution in [3.05, 3.63) is 118 Å². The lowest BCUT2D eigenvalue weighted by Gasteiger charge is -2.20. The third-order valence-electron chi connectivity index (χ3n) is 5.85. The molecular weight excluding hydrogens is 524 g/mol. The second-order valence-electron chi connectivity index (χ2n) is 8.47. The van der Waals surface area contributed by atoms with Crippen molar-refractivity contribution in [2.75, 3.05) is 5.32 Å². The molecule has 0 aliphatic rings. The molecule has 0 aliphatic carbocycles. The van der Waals surface area contributed by atoms with Crippen LogP contribution in [0.2, 0.25) is 5.02 Å². The zero-order valence-corrected chi connectivity index (χ0v) is 20.9. The van der Waals surface area contributed by atoms with Gasteiger partial charge in [-0.1, -0.05) is 41.9 Å². The molecule has 4 aromatic rings. The van der Waals surface area contributed by atoms with Gasteiger partial charge in [0.1, 0.15) is 5.82 Å². The summed E-state index contributed by atoms with van der Waals surface area (Å²) in [4.78, 5) is 26.5. The molecule has 3 aromatic carbocycles. The average molecular weight is 545 g/mol. The van der Waals surface area contributed by atoms with Crippen LogP contribution in [0, 0.1) is 19.7 Å². The fraction of sp³-hybridized carbons (Fsp3) is 0.143. The van der Waals surface area contributed by atoms with Gasteiger partial charge in [-0.05, 0) is 62.4 Å². The normalized spacial score (nSPS) is 12.2. The number of aryl methyl sites for hydroxylation is 1. The number of esters is 1. The first-order valence-corrected chi connectivity index (χ1v) is 11.7. The SMILES string of the molecule is Cc1cc(C(=O)OC(C(=O)Nc2ccc(Cl)cc2C(F)(F)F)c2ccccc2)c(C)n1-c1ccc(F)cc1. The van der Waals surface area contributed by atoms with Gasteiger partial charge in [-0.2, -0.15) is 13.2 Å². The third kappa shape index (κ3) is 5.73. The van der Waals surface area contributed by atoms with Crippen molar-refractivity contribution in [2.24, 2.45) is 0 Å². The molecule has 0 saturated carbocycles. The van der Waals surface area contributed by atoms with Crippen molar-refractivity contribution < 1.29 is 31.9 Å². The van der Waals surface area contributed by atoms with Crippen LogP contribution in [-0.4, -0.2) is 16.4 Å². The number of carbonyl (C=O) groups is 2. The molecular formula is C28H21ClF4N2O3. The highest BCUT2D eigenvalue weighted by Gasteiger charge is 2.35. The number of rotatable bonds is 6. The predicted molar refractivity (Wildman–Crippen MR) is 135 cm³/mol. The second-order valence-corrected chi connectivity index (χ2v) is 8.91. The van der Waals surface area contributed by atoms with Gasteiger partial charge in [0.2, 0.25) is 6.10 Å². The van der Waals surface area contributed by atoms with Gasteiger partial charge >= 0.3 is 12.1 Å². The molecule has 1 amide bonds. The number of hydrogen-bond acceptors (Lipinski definition) is 3. The Morgan fingerprint density at radius 2 is 1.61 bits per heavy atom. The molecule has 10 heteroatoms. The number of carbonyl (C=O) groups excluding carboxylic acids is 2. The highest BCUT2D eigenvalue weighted by Crippen LogP contribution is 2.37. The summed E-state index contributed by atoms with van der Waals surface area (Å²) in [5.41, 5.74) is 0.468. The minimum atomic E-state index is -4.79. The van der Waals surface area contributed by atoms with Crippen LogP contribution in [0.1, 0.15) is 39.0 Å². The Morgan fingerprint density at radius 1 is 0.947 bits per heavy atom. The molecule has 1 N–H and O–H groups in total. The van der Waals surface area contributed by atoms with Crippen LogP contribution in [0.4, 0.5) is 23.2 Å². The van der Waals surface area contributed by atoms with Gasteiger partial charge in [0.05, 0.1) is 16.8 Å². The Morgan fingerprint density at radius 3 is 2.24 bits per heavy atom. The summed E-state index contributed by atoms with van der Waals surface area (Å²) in [5, 5.41) is 2.07. The zero-order valence-electron chi connectivity index (χ0n) is 20.1. The molecule has 38 heavy (non-hydrogen) atoms. The van der Waals surface area contributed by atoms with E-state index in [-0.39, 0.29) is 16.1 Å². The molecule has 1 atom stereocenters. The van der Waals surface area contributed by atoms with Crippen LogP contribution in [0.5, 0.6) is 0 Å². The van der Waals surface area contributed by atoms with Crippen molar-refractivity contribution in [1.82, 2.24) is 4.57 Å². The topological polar surface area (TPSA) is 60.3 Å². The summed E-state index contributed by atoms with van der Waals surface area (Å²) < 4.78 is 61.4. The van der Waals surface area contributed by atoms with E-state index >= 15 is 0 Å².